The first-order valence-corrected chi connectivity index (χ1v) is 9.58. The van der Waals surface area contributed by atoms with Crippen LogP contribution in [-0.4, -0.2) is 30.3 Å². The molecule has 138 valence electrons. The summed E-state index contributed by atoms with van der Waals surface area (Å²) in [6.45, 7) is 5.63. The highest BCUT2D eigenvalue weighted by atomic mass is 16.5. The van der Waals surface area contributed by atoms with Crippen molar-refractivity contribution in [3.8, 4) is 0 Å². The van der Waals surface area contributed by atoms with Crippen molar-refractivity contribution >= 4 is 5.91 Å². The summed E-state index contributed by atoms with van der Waals surface area (Å²) in [6.07, 6.45) is 4.94. The van der Waals surface area contributed by atoms with Gasteiger partial charge < -0.3 is 15.2 Å². The Hall–Kier alpha value is -1.39. The van der Waals surface area contributed by atoms with Gasteiger partial charge in [-0.3, -0.25) is 4.79 Å². The molecule has 0 unspecified atom stereocenters. The van der Waals surface area contributed by atoms with Gasteiger partial charge in [-0.15, -0.1) is 0 Å². The van der Waals surface area contributed by atoms with Crippen LogP contribution < -0.4 is 5.32 Å². The zero-order chi connectivity index (χ0) is 17.9. The summed E-state index contributed by atoms with van der Waals surface area (Å²) in [5.41, 5.74) is -0.127. The third kappa shape index (κ3) is 4.06. The molecule has 1 saturated carbocycles. The molecule has 1 aromatic rings. The molecular weight excluding hydrogens is 314 g/mol. The first-order valence-electron chi connectivity index (χ1n) is 9.58. The molecule has 4 heteroatoms. The second-order valence-corrected chi connectivity index (χ2v) is 8.25. The normalized spacial score (nSPS) is 28.5. The predicted molar refractivity (Wildman–Crippen MR) is 98.1 cm³/mol. The summed E-state index contributed by atoms with van der Waals surface area (Å²) in [7, 11) is 0. The van der Waals surface area contributed by atoms with Crippen LogP contribution >= 0.6 is 0 Å². The van der Waals surface area contributed by atoms with Crippen molar-refractivity contribution in [2.75, 3.05) is 13.2 Å². The molecule has 1 amide bonds. The van der Waals surface area contributed by atoms with Crippen LogP contribution in [0.25, 0.3) is 0 Å². The molecule has 1 heterocycles. The number of rotatable bonds is 4. The van der Waals surface area contributed by atoms with E-state index in [-0.39, 0.29) is 17.4 Å². The Labute approximate surface area is 151 Å². The summed E-state index contributed by atoms with van der Waals surface area (Å²) in [5.74, 6) is 0.528. The molecule has 0 aromatic heterocycles. The summed E-state index contributed by atoms with van der Waals surface area (Å²) >= 11 is 0. The Kier molecular flexibility index (Phi) is 5.49. The molecule has 1 aliphatic carbocycles. The van der Waals surface area contributed by atoms with E-state index >= 15 is 0 Å². The van der Waals surface area contributed by atoms with Crippen LogP contribution in [0.1, 0.15) is 57.9 Å². The van der Waals surface area contributed by atoms with Crippen molar-refractivity contribution < 1.29 is 14.6 Å². The Morgan fingerprint density at radius 1 is 1.12 bits per heavy atom. The molecule has 1 aliphatic heterocycles. The first kappa shape index (κ1) is 18.4. The van der Waals surface area contributed by atoms with Gasteiger partial charge in [0.05, 0.1) is 5.60 Å². The zero-order valence-corrected chi connectivity index (χ0v) is 15.5. The van der Waals surface area contributed by atoms with Crippen molar-refractivity contribution in [2.45, 2.75) is 64.0 Å². The van der Waals surface area contributed by atoms with Gasteiger partial charge in [0.1, 0.15) is 0 Å². The molecule has 2 N–H and O–H groups in total. The average molecular weight is 345 g/mol. The van der Waals surface area contributed by atoms with Crippen molar-refractivity contribution in [1.29, 1.82) is 0 Å². The molecule has 0 bridgehead atoms. The second kappa shape index (κ2) is 7.46. The monoisotopic (exact) mass is 345 g/mol. The van der Waals surface area contributed by atoms with Gasteiger partial charge in [-0.2, -0.15) is 0 Å². The minimum atomic E-state index is -0.751. The molecule has 3 rings (SSSR count). The predicted octanol–water partition coefficient (Wildman–Crippen LogP) is 3.39. The van der Waals surface area contributed by atoms with Crippen LogP contribution in [0.3, 0.4) is 0 Å². The number of hydrogen-bond donors (Lipinski definition) is 2. The van der Waals surface area contributed by atoms with E-state index in [0.29, 0.717) is 18.8 Å². The van der Waals surface area contributed by atoms with Gasteiger partial charge in [-0.05, 0) is 50.0 Å². The zero-order valence-electron chi connectivity index (χ0n) is 15.5. The summed E-state index contributed by atoms with van der Waals surface area (Å²) in [5, 5.41) is 14.2. The minimum Gasteiger partial charge on any atom is -0.385 e. The average Bonchev–Trinajstić information content (AvgIpc) is 2.65. The third-order valence-corrected chi connectivity index (χ3v) is 6.29. The van der Waals surface area contributed by atoms with Gasteiger partial charge in [0.25, 0.3) is 0 Å². The van der Waals surface area contributed by atoms with Crippen LogP contribution in [0.5, 0.6) is 0 Å². The number of carbonyl (C=O) groups excluding carboxylic acids is 1. The van der Waals surface area contributed by atoms with Gasteiger partial charge in [0.2, 0.25) is 5.91 Å². The van der Waals surface area contributed by atoms with Crippen LogP contribution in [0.4, 0.5) is 0 Å². The maximum Gasteiger partial charge on any atom is 0.226 e. The second-order valence-electron chi connectivity index (χ2n) is 8.25. The quantitative estimate of drug-likeness (QED) is 0.879. The fourth-order valence-corrected chi connectivity index (χ4v) is 4.25. The summed E-state index contributed by atoms with van der Waals surface area (Å²) in [4.78, 5) is 12.8. The molecule has 4 nitrogen and oxygen atoms in total. The van der Waals surface area contributed by atoms with Gasteiger partial charge in [-0.1, -0.05) is 44.2 Å². The fraction of sp³-hybridized carbons (Fsp3) is 0.667. The lowest BCUT2D eigenvalue weighted by atomic mass is 9.73. The van der Waals surface area contributed by atoms with E-state index in [9.17, 15) is 9.90 Å². The lowest BCUT2D eigenvalue weighted by Crippen LogP contribution is -2.49. The van der Waals surface area contributed by atoms with Crippen LogP contribution in [0, 0.1) is 11.3 Å². The number of benzene rings is 1. The minimum absolute atomic E-state index is 0.148. The van der Waals surface area contributed by atoms with E-state index in [4.69, 9.17) is 4.74 Å². The smallest absolute Gasteiger partial charge is 0.226 e. The van der Waals surface area contributed by atoms with Crippen molar-refractivity contribution in [1.82, 2.24) is 5.32 Å². The molecular formula is C21H31NO3. The molecule has 0 atom stereocenters. The summed E-state index contributed by atoms with van der Waals surface area (Å²) in [6, 6.07) is 10.1. The van der Waals surface area contributed by atoms with Crippen molar-refractivity contribution in [2.24, 2.45) is 11.3 Å². The molecule has 0 radical (unpaired) electrons. The Balaban J connectivity index is 1.55. The highest BCUT2D eigenvalue weighted by Gasteiger charge is 2.40. The van der Waals surface area contributed by atoms with E-state index in [1.807, 2.05) is 30.3 Å². The lowest BCUT2D eigenvalue weighted by molar-refractivity contribution is -0.135. The molecule has 25 heavy (non-hydrogen) atoms. The SMILES string of the molecule is CC(C)(C(=O)NC1CCC(O)(c2ccccc2)CC1)C1CCOCC1. The highest BCUT2D eigenvalue weighted by Crippen LogP contribution is 2.38. The van der Waals surface area contributed by atoms with E-state index < -0.39 is 5.60 Å². The topological polar surface area (TPSA) is 58.6 Å². The van der Waals surface area contributed by atoms with E-state index in [1.54, 1.807) is 0 Å². The van der Waals surface area contributed by atoms with Gasteiger partial charge in [0, 0.05) is 24.7 Å². The largest absolute Gasteiger partial charge is 0.385 e. The highest BCUT2D eigenvalue weighted by molar-refractivity contribution is 5.82. The third-order valence-electron chi connectivity index (χ3n) is 6.29. The van der Waals surface area contributed by atoms with Gasteiger partial charge in [-0.25, -0.2) is 0 Å². The van der Waals surface area contributed by atoms with E-state index in [0.717, 1.165) is 44.5 Å². The maximum absolute atomic E-state index is 12.8. The van der Waals surface area contributed by atoms with Crippen molar-refractivity contribution in [3.63, 3.8) is 0 Å². The van der Waals surface area contributed by atoms with Gasteiger partial charge in [0.15, 0.2) is 0 Å². The Morgan fingerprint density at radius 3 is 2.32 bits per heavy atom. The molecule has 1 saturated heterocycles. The van der Waals surface area contributed by atoms with E-state index in [2.05, 4.69) is 19.2 Å². The number of carbonyl (C=O) groups is 1. The van der Waals surface area contributed by atoms with Crippen LogP contribution in [0.2, 0.25) is 0 Å². The fourth-order valence-electron chi connectivity index (χ4n) is 4.25. The first-order chi connectivity index (χ1) is 11.9. The maximum atomic E-state index is 12.8. The van der Waals surface area contributed by atoms with Crippen molar-refractivity contribution in [3.05, 3.63) is 35.9 Å². The van der Waals surface area contributed by atoms with E-state index in [1.165, 1.54) is 0 Å². The summed E-state index contributed by atoms with van der Waals surface area (Å²) < 4.78 is 5.43. The molecule has 2 aliphatic rings. The number of hydrogen-bond acceptors (Lipinski definition) is 3. The number of aliphatic hydroxyl groups is 1. The van der Waals surface area contributed by atoms with Crippen LogP contribution in [0.15, 0.2) is 30.3 Å². The standard InChI is InChI=1S/C21H31NO3/c1-20(2,16-10-14-25-15-11-16)19(23)22-18-8-12-21(24,13-9-18)17-6-4-3-5-7-17/h3-7,16,18,24H,8-15H2,1-2H3,(H,22,23). The number of amides is 1. The number of ether oxygens (including phenoxy) is 1. The number of nitrogens with one attached hydrogen (secondary N) is 1. The Bertz CT molecular complexity index is 570. The van der Waals surface area contributed by atoms with Gasteiger partial charge >= 0.3 is 0 Å². The van der Waals surface area contributed by atoms with Crippen LogP contribution in [-0.2, 0) is 15.1 Å². The molecule has 2 fully saturated rings. The molecule has 0 spiro atoms. The molecule has 1 aromatic carbocycles. The Morgan fingerprint density at radius 2 is 1.72 bits per heavy atom. The lowest BCUT2D eigenvalue weighted by Gasteiger charge is -2.40.